The molecular formula is C26H29N3O5S. The van der Waals surface area contributed by atoms with Crippen LogP contribution in [0.25, 0.3) is 0 Å². The quantitative estimate of drug-likeness (QED) is 0.493. The molecule has 0 unspecified atom stereocenters. The molecule has 0 spiro atoms. The lowest BCUT2D eigenvalue weighted by atomic mass is 10.1. The average Bonchev–Trinajstić information content (AvgIpc) is 2.89. The molecule has 3 aromatic rings. The molecule has 4 rings (SSSR count). The van der Waals surface area contributed by atoms with Gasteiger partial charge in [-0.1, -0.05) is 48.0 Å². The van der Waals surface area contributed by atoms with E-state index in [0.717, 1.165) is 11.1 Å². The van der Waals surface area contributed by atoms with Crippen LogP contribution >= 0.6 is 0 Å². The van der Waals surface area contributed by atoms with Crippen molar-refractivity contribution in [3.8, 4) is 5.75 Å². The van der Waals surface area contributed by atoms with Gasteiger partial charge in [-0.3, -0.25) is 4.79 Å². The van der Waals surface area contributed by atoms with E-state index < -0.39 is 16.1 Å². The van der Waals surface area contributed by atoms with E-state index in [-0.39, 0.29) is 29.6 Å². The molecule has 2 N–H and O–H groups in total. The van der Waals surface area contributed by atoms with Crippen molar-refractivity contribution in [1.29, 1.82) is 0 Å². The van der Waals surface area contributed by atoms with E-state index in [9.17, 15) is 13.2 Å². The van der Waals surface area contributed by atoms with Gasteiger partial charge in [-0.15, -0.1) is 0 Å². The minimum absolute atomic E-state index is 0.0395. The lowest BCUT2D eigenvalue weighted by molar-refractivity contribution is -0.117. The van der Waals surface area contributed by atoms with Crippen molar-refractivity contribution in [2.75, 3.05) is 44.0 Å². The minimum atomic E-state index is -3.81. The molecule has 0 bridgehead atoms. The number of hydrogen-bond donors (Lipinski definition) is 2. The predicted octanol–water partition coefficient (Wildman–Crippen LogP) is 3.82. The Kier molecular flexibility index (Phi) is 7.70. The fourth-order valence-corrected chi connectivity index (χ4v) is 5.45. The summed E-state index contributed by atoms with van der Waals surface area (Å²) >= 11 is 0. The van der Waals surface area contributed by atoms with E-state index in [1.165, 1.54) is 17.5 Å². The van der Waals surface area contributed by atoms with Crippen molar-refractivity contribution < 1.29 is 22.7 Å². The van der Waals surface area contributed by atoms with E-state index in [2.05, 4.69) is 10.6 Å². The van der Waals surface area contributed by atoms with Gasteiger partial charge in [0.2, 0.25) is 10.0 Å². The number of amides is 1. The molecule has 1 aliphatic rings. The Labute approximate surface area is 205 Å². The third kappa shape index (κ3) is 5.82. The van der Waals surface area contributed by atoms with E-state index in [1.54, 1.807) is 12.1 Å². The van der Waals surface area contributed by atoms with E-state index >= 15 is 0 Å². The van der Waals surface area contributed by atoms with Crippen LogP contribution < -0.4 is 15.4 Å². The summed E-state index contributed by atoms with van der Waals surface area (Å²) in [5.41, 5.74) is 2.98. The first-order chi connectivity index (χ1) is 16.9. The van der Waals surface area contributed by atoms with Gasteiger partial charge in [0.1, 0.15) is 16.7 Å². The second-order valence-electron chi connectivity index (χ2n) is 8.23. The van der Waals surface area contributed by atoms with Crippen molar-refractivity contribution in [3.63, 3.8) is 0 Å². The maximum Gasteiger partial charge on any atom is 0.251 e. The molecule has 8 nitrogen and oxygen atoms in total. The van der Waals surface area contributed by atoms with Gasteiger partial charge in [-0.05, 0) is 42.8 Å². The molecule has 9 heteroatoms. The van der Waals surface area contributed by atoms with Gasteiger partial charge in [0.25, 0.3) is 5.91 Å². The van der Waals surface area contributed by atoms with Crippen LogP contribution in [-0.2, 0) is 19.6 Å². The number of morpholine rings is 1. The van der Waals surface area contributed by atoms with Crippen molar-refractivity contribution in [2.24, 2.45) is 0 Å². The lowest BCUT2D eigenvalue weighted by Gasteiger charge is -2.27. The van der Waals surface area contributed by atoms with Gasteiger partial charge in [0, 0.05) is 24.5 Å². The maximum atomic E-state index is 13.4. The second kappa shape index (κ2) is 10.9. The number of ether oxygens (including phenoxy) is 2. The fraction of sp³-hybridized carbons (Fsp3) is 0.269. The molecule has 1 aliphatic heterocycles. The zero-order valence-corrected chi connectivity index (χ0v) is 20.5. The number of benzene rings is 3. The van der Waals surface area contributed by atoms with Gasteiger partial charge < -0.3 is 20.1 Å². The molecule has 0 radical (unpaired) electrons. The SMILES string of the molecule is COc1ccc(N[C@H](C(=O)Nc2ccc(C)cc2)c2ccccc2)cc1S(=O)(=O)N1CCOCC1. The first-order valence-electron chi connectivity index (χ1n) is 11.3. The normalized spacial score (nSPS) is 15.3. The van der Waals surface area contributed by atoms with Crippen molar-refractivity contribution >= 4 is 27.3 Å². The summed E-state index contributed by atoms with van der Waals surface area (Å²) in [6.45, 7) is 3.21. The highest BCUT2D eigenvalue weighted by molar-refractivity contribution is 7.89. The number of nitrogens with zero attached hydrogens (tertiary/aromatic N) is 1. The van der Waals surface area contributed by atoms with Crippen LogP contribution in [0.4, 0.5) is 11.4 Å². The van der Waals surface area contributed by atoms with Crippen molar-refractivity contribution in [3.05, 3.63) is 83.9 Å². The molecule has 1 saturated heterocycles. The van der Waals surface area contributed by atoms with Crippen molar-refractivity contribution in [2.45, 2.75) is 17.9 Å². The third-order valence-corrected chi connectivity index (χ3v) is 7.70. The molecule has 1 amide bonds. The van der Waals surface area contributed by atoms with E-state index in [0.29, 0.717) is 24.6 Å². The number of hydrogen-bond acceptors (Lipinski definition) is 6. The third-order valence-electron chi connectivity index (χ3n) is 5.78. The highest BCUT2D eigenvalue weighted by Gasteiger charge is 2.30. The molecule has 184 valence electrons. The molecule has 35 heavy (non-hydrogen) atoms. The summed E-state index contributed by atoms with van der Waals surface area (Å²) in [4.78, 5) is 13.4. The monoisotopic (exact) mass is 495 g/mol. The second-order valence-corrected chi connectivity index (χ2v) is 10.1. The Morgan fingerprint density at radius 3 is 2.29 bits per heavy atom. The Bertz CT molecular complexity index is 1260. The summed E-state index contributed by atoms with van der Waals surface area (Å²) in [6.07, 6.45) is 0. The number of rotatable bonds is 8. The van der Waals surface area contributed by atoms with Crippen LogP contribution in [0.5, 0.6) is 5.75 Å². The van der Waals surface area contributed by atoms with Gasteiger partial charge >= 0.3 is 0 Å². The predicted molar refractivity (Wildman–Crippen MR) is 135 cm³/mol. The van der Waals surface area contributed by atoms with Gasteiger partial charge in [0.15, 0.2) is 0 Å². The molecule has 0 saturated carbocycles. The number of carbonyl (C=O) groups is 1. The molecule has 0 aliphatic carbocycles. The smallest absolute Gasteiger partial charge is 0.251 e. The van der Waals surface area contributed by atoms with Gasteiger partial charge in [-0.2, -0.15) is 4.31 Å². The summed E-state index contributed by atoms with van der Waals surface area (Å²) in [5, 5.41) is 6.16. The molecule has 0 aromatic heterocycles. The molecule has 1 fully saturated rings. The Morgan fingerprint density at radius 2 is 1.63 bits per heavy atom. The fourth-order valence-electron chi connectivity index (χ4n) is 3.86. The molecule has 1 heterocycles. The highest BCUT2D eigenvalue weighted by atomic mass is 32.2. The standard InChI is InChI=1S/C26H29N3O5S/c1-19-8-10-21(11-9-19)28-26(30)25(20-6-4-3-5-7-20)27-22-12-13-23(33-2)24(18-22)35(31,32)29-14-16-34-17-15-29/h3-13,18,25,27H,14-17H2,1-2H3,(H,28,30)/t25-/m0/s1. The number of aryl methyl sites for hydroxylation is 1. The Balaban J connectivity index is 1.65. The number of anilines is 2. The number of sulfonamides is 1. The van der Waals surface area contributed by atoms with Crippen LogP contribution in [0.15, 0.2) is 77.7 Å². The summed E-state index contributed by atoms with van der Waals surface area (Å²) in [5.74, 6) is -0.0316. The largest absolute Gasteiger partial charge is 0.495 e. The number of nitrogens with one attached hydrogen (secondary N) is 2. The molecule has 1 atom stereocenters. The first kappa shape index (κ1) is 24.7. The Hall–Kier alpha value is -3.40. The topological polar surface area (TPSA) is 97.0 Å². The van der Waals surface area contributed by atoms with Crippen LogP contribution in [0.2, 0.25) is 0 Å². The van der Waals surface area contributed by atoms with E-state index in [1.807, 2.05) is 61.5 Å². The zero-order valence-electron chi connectivity index (χ0n) is 19.7. The summed E-state index contributed by atoms with van der Waals surface area (Å²) in [7, 11) is -2.38. The maximum absolute atomic E-state index is 13.4. The minimum Gasteiger partial charge on any atom is -0.495 e. The number of methoxy groups -OCH3 is 1. The van der Waals surface area contributed by atoms with E-state index in [4.69, 9.17) is 9.47 Å². The summed E-state index contributed by atoms with van der Waals surface area (Å²) in [6, 6.07) is 20.9. The number of carbonyl (C=O) groups excluding carboxylic acids is 1. The van der Waals surface area contributed by atoms with Crippen LogP contribution in [0, 0.1) is 6.92 Å². The molecule has 3 aromatic carbocycles. The first-order valence-corrected chi connectivity index (χ1v) is 12.8. The van der Waals surface area contributed by atoms with Crippen LogP contribution in [0.3, 0.4) is 0 Å². The van der Waals surface area contributed by atoms with Crippen molar-refractivity contribution in [1.82, 2.24) is 4.31 Å². The van der Waals surface area contributed by atoms with Crippen LogP contribution in [-0.4, -0.2) is 52.0 Å². The summed E-state index contributed by atoms with van der Waals surface area (Å²) < 4.78 is 38.8. The average molecular weight is 496 g/mol. The lowest BCUT2D eigenvalue weighted by Crippen LogP contribution is -2.40. The zero-order chi connectivity index (χ0) is 24.8. The highest BCUT2D eigenvalue weighted by Crippen LogP contribution is 2.32. The van der Waals surface area contributed by atoms with Gasteiger partial charge in [0.05, 0.1) is 20.3 Å². The Morgan fingerprint density at radius 1 is 0.971 bits per heavy atom. The van der Waals surface area contributed by atoms with Gasteiger partial charge in [-0.25, -0.2) is 8.42 Å². The molecular weight excluding hydrogens is 466 g/mol. The van der Waals surface area contributed by atoms with Crippen LogP contribution in [0.1, 0.15) is 17.2 Å².